The maximum absolute atomic E-state index is 4.59. The van der Waals surface area contributed by atoms with Crippen molar-refractivity contribution in [3.8, 4) is 0 Å². The topological polar surface area (TPSA) is 49.8 Å². The van der Waals surface area contributed by atoms with Crippen LogP contribution in [0.25, 0.3) is 10.2 Å². The lowest BCUT2D eigenvalue weighted by molar-refractivity contribution is 0.364. The van der Waals surface area contributed by atoms with Crippen LogP contribution in [0.15, 0.2) is 6.33 Å². The van der Waals surface area contributed by atoms with Crippen molar-refractivity contribution >= 4 is 27.4 Å². The van der Waals surface area contributed by atoms with Crippen LogP contribution in [-0.2, 0) is 12.8 Å². The molecule has 1 saturated heterocycles. The van der Waals surface area contributed by atoms with Gasteiger partial charge in [-0.1, -0.05) is 0 Å². The van der Waals surface area contributed by atoms with Gasteiger partial charge in [-0.25, -0.2) is 9.97 Å². The van der Waals surface area contributed by atoms with Crippen molar-refractivity contribution in [2.75, 3.05) is 18.4 Å². The van der Waals surface area contributed by atoms with Crippen molar-refractivity contribution in [2.45, 2.75) is 51.0 Å². The summed E-state index contributed by atoms with van der Waals surface area (Å²) < 4.78 is 0. The van der Waals surface area contributed by atoms with Crippen molar-refractivity contribution in [1.29, 1.82) is 0 Å². The van der Waals surface area contributed by atoms with Crippen LogP contribution in [0.4, 0.5) is 5.82 Å². The van der Waals surface area contributed by atoms with E-state index in [1.165, 1.54) is 41.5 Å². The maximum Gasteiger partial charge on any atom is 0.138 e. The van der Waals surface area contributed by atoms with Gasteiger partial charge in [0.25, 0.3) is 0 Å². The van der Waals surface area contributed by atoms with Gasteiger partial charge in [-0.05, 0) is 64.1 Å². The van der Waals surface area contributed by atoms with Gasteiger partial charge in [0, 0.05) is 10.4 Å². The molecular formula is C16H22N4S. The Labute approximate surface area is 129 Å². The fourth-order valence-electron chi connectivity index (χ4n) is 3.57. The molecule has 0 aromatic carbocycles. The predicted molar refractivity (Wildman–Crippen MR) is 88.2 cm³/mol. The Morgan fingerprint density at radius 2 is 2.00 bits per heavy atom. The molecule has 112 valence electrons. The number of thiophene rings is 1. The SMILES string of the molecule is CC1(Nc2ncnc3sc4c(c23)CCCC4)CCNCC1. The van der Waals surface area contributed by atoms with E-state index in [1.807, 2.05) is 11.3 Å². The van der Waals surface area contributed by atoms with E-state index in [4.69, 9.17) is 0 Å². The molecule has 4 nitrogen and oxygen atoms in total. The van der Waals surface area contributed by atoms with E-state index in [9.17, 15) is 0 Å². The minimum atomic E-state index is 0.149. The molecule has 0 spiro atoms. The first kappa shape index (κ1) is 13.5. The lowest BCUT2D eigenvalue weighted by Crippen LogP contribution is -2.45. The molecule has 1 fully saturated rings. The van der Waals surface area contributed by atoms with Crippen LogP contribution >= 0.6 is 11.3 Å². The Kier molecular flexibility index (Phi) is 3.34. The van der Waals surface area contributed by atoms with Gasteiger partial charge in [0.1, 0.15) is 17.0 Å². The van der Waals surface area contributed by atoms with Crippen LogP contribution in [0.2, 0.25) is 0 Å². The molecule has 1 aliphatic carbocycles. The molecular weight excluding hydrogens is 280 g/mol. The molecule has 2 aliphatic rings. The summed E-state index contributed by atoms with van der Waals surface area (Å²) in [5.41, 5.74) is 1.66. The number of anilines is 1. The highest BCUT2D eigenvalue weighted by Crippen LogP contribution is 2.39. The average Bonchev–Trinajstić information content (AvgIpc) is 2.87. The van der Waals surface area contributed by atoms with Gasteiger partial charge in [-0.2, -0.15) is 0 Å². The molecule has 3 heterocycles. The highest BCUT2D eigenvalue weighted by atomic mass is 32.1. The first-order chi connectivity index (χ1) is 10.3. The van der Waals surface area contributed by atoms with Gasteiger partial charge < -0.3 is 10.6 Å². The minimum Gasteiger partial charge on any atom is -0.364 e. The van der Waals surface area contributed by atoms with Gasteiger partial charge in [0.05, 0.1) is 5.39 Å². The van der Waals surface area contributed by atoms with Crippen LogP contribution in [0.3, 0.4) is 0 Å². The van der Waals surface area contributed by atoms with E-state index in [-0.39, 0.29) is 5.54 Å². The van der Waals surface area contributed by atoms with Crippen molar-refractivity contribution in [3.05, 3.63) is 16.8 Å². The fraction of sp³-hybridized carbons (Fsp3) is 0.625. The highest BCUT2D eigenvalue weighted by Gasteiger charge is 2.28. The largest absolute Gasteiger partial charge is 0.364 e. The summed E-state index contributed by atoms with van der Waals surface area (Å²) in [6, 6.07) is 0. The summed E-state index contributed by atoms with van der Waals surface area (Å²) in [5.74, 6) is 1.06. The van der Waals surface area contributed by atoms with E-state index < -0.39 is 0 Å². The van der Waals surface area contributed by atoms with Crippen molar-refractivity contribution in [1.82, 2.24) is 15.3 Å². The second-order valence-corrected chi connectivity index (χ2v) is 7.63. The molecule has 0 saturated carbocycles. The quantitative estimate of drug-likeness (QED) is 0.895. The molecule has 2 aromatic heterocycles. The number of aromatic nitrogens is 2. The van der Waals surface area contributed by atoms with Gasteiger partial charge >= 0.3 is 0 Å². The third kappa shape index (κ3) is 2.42. The summed E-state index contributed by atoms with van der Waals surface area (Å²) in [7, 11) is 0. The number of rotatable bonds is 2. The van der Waals surface area contributed by atoms with Crippen molar-refractivity contribution in [3.63, 3.8) is 0 Å². The molecule has 2 aromatic rings. The monoisotopic (exact) mass is 302 g/mol. The minimum absolute atomic E-state index is 0.149. The zero-order chi connectivity index (χ0) is 14.3. The average molecular weight is 302 g/mol. The lowest BCUT2D eigenvalue weighted by atomic mass is 9.90. The van der Waals surface area contributed by atoms with Gasteiger partial charge in [-0.3, -0.25) is 0 Å². The van der Waals surface area contributed by atoms with Gasteiger partial charge in [-0.15, -0.1) is 11.3 Å². The normalized spacial score (nSPS) is 21.2. The summed E-state index contributed by atoms with van der Waals surface area (Å²) >= 11 is 1.87. The zero-order valence-electron chi connectivity index (χ0n) is 12.5. The van der Waals surface area contributed by atoms with Gasteiger partial charge in [0.2, 0.25) is 0 Å². The van der Waals surface area contributed by atoms with Crippen LogP contribution in [-0.4, -0.2) is 28.6 Å². The van der Waals surface area contributed by atoms with E-state index >= 15 is 0 Å². The van der Waals surface area contributed by atoms with Crippen molar-refractivity contribution in [2.24, 2.45) is 0 Å². The Morgan fingerprint density at radius 3 is 2.86 bits per heavy atom. The van der Waals surface area contributed by atoms with Crippen LogP contribution < -0.4 is 10.6 Å². The molecule has 1 aliphatic heterocycles. The third-order valence-electron chi connectivity index (χ3n) is 4.88. The zero-order valence-corrected chi connectivity index (χ0v) is 13.4. The Morgan fingerprint density at radius 1 is 1.19 bits per heavy atom. The standard InChI is InChI=1S/C16H22N4S/c1-16(6-8-17-9-7-16)20-14-13-11-4-2-3-5-12(11)21-15(13)19-10-18-14/h10,17H,2-9H2,1H3,(H,18,19,20). The lowest BCUT2D eigenvalue weighted by Gasteiger charge is -2.35. The Bertz CT molecular complexity index is 658. The molecule has 5 heteroatoms. The predicted octanol–water partition coefficient (Wildman–Crippen LogP) is 3.12. The van der Waals surface area contributed by atoms with E-state index in [2.05, 4.69) is 27.5 Å². The van der Waals surface area contributed by atoms with Crippen LogP contribution in [0.5, 0.6) is 0 Å². The first-order valence-corrected chi connectivity index (χ1v) is 8.81. The Hall–Kier alpha value is -1.20. The molecule has 21 heavy (non-hydrogen) atoms. The number of nitrogens with zero attached hydrogens (tertiary/aromatic N) is 2. The molecule has 0 bridgehead atoms. The third-order valence-corrected chi connectivity index (χ3v) is 6.08. The van der Waals surface area contributed by atoms with Gasteiger partial charge in [0.15, 0.2) is 0 Å². The molecule has 0 unspecified atom stereocenters. The van der Waals surface area contributed by atoms with E-state index in [0.717, 1.165) is 36.6 Å². The van der Waals surface area contributed by atoms with Crippen molar-refractivity contribution < 1.29 is 0 Å². The molecule has 0 atom stereocenters. The molecule has 0 radical (unpaired) electrons. The second-order valence-electron chi connectivity index (χ2n) is 6.55. The maximum atomic E-state index is 4.59. The molecule has 4 rings (SSSR count). The molecule has 2 N–H and O–H groups in total. The van der Waals surface area contributed by atoms with Crippen LogP contribution in [0.1, 0.15) is 43.0 Å². The Balaban J connectivity index is 1.76. The van der Waals surface area contributed by atoms with Crippen LogP contribution in [0, 0.1) is 0 Å². The summed E-state index contributed by atoms with van der Waals surface area (Å²) in [6.45, 7) is 4.49. The van der Waals surface area contributed by atoms with E-state index in [1.54, 1.807) is 6.33 Å². The highest BCUT2D eigenvalue weighted by molar-refractivity contribution is 7.19. The number of hydrogen-bond donors (Lipinski definition) is 2. The van der Waals surface area contributed by atoms with E-state index in [0.29, 0.717) is 0 Å². The fourth-order valence-corrected chi connectivity index (χ4v) is 4.80. The number of aryl methyl sites for hydroxylation is 2. The second kappa shape index (κ2) is 5.21. The summed E-state index contributed by atoms with van der Waals surface area (Å²) in [5, 5.41) is 8.49. The number of nitrogens with one attached hydrogen (secondary N) is 2. The first-order valence-electron chi connectivity index (χ1n) is 7.99. The smallest absolute Gasteiger partial charge is 0.138 e. The summed E-state index contributed by atoms with van der Waals surface area (Å²) in [4.78, 5) is 11.8. The number of fused-ring (bicyclic) bond motifs is 3. The summed E-state index contributed by atoms with van der Waals surface area (Å²) in [6.07, 6.45) is 9.03. The molecule has 0 amide bonds. The number of hydrogen-bond acceptors (Lipinski definition) is 5. The number of piperidine rings is 1.